The number of primary amides is 1. The van der Waals surface area contributed by atoms with Gasteiger partial charge in [-0.3, -0.25) is 8.98 Å². The molecule has 2 N–H and O–H groups in total. The van der Waals surface area contributed by atoms with Crippen molar-refractivity contribution in [3.05, 3.63) is 53.8 Å². The molecule has 0 aliphatic heterocycles. The summed E-state index contributed by atoms with van der Waals surface area (Å²) in [5.41, 5.74) is 7.31. The number of nitrogens with two attached hydrogens (primary N) is 1. The standard InChI is InChI=1S/C17H18FNO4S/c1-12-11-15(24(21,22)23-10-2-3-17(19)20)8-9-16(12)13-4-6-14(18)7-5-13/h4-9,11H,2-3,10H2,1H3,(H2,19,20). The highest BCUT2D eigenvalue weighted by atomic mass is 32.2. The number of carbonyl (C=O) groups excluding carboxylic acids is 1. The van der Waals surface area contributed by atoms with Crippen molar-refractivity contribution in [2.45, 2.75) is 24.7 Å². The van der Waals surface area contributed by atoms with Gasteiger partial charge in [0.2, 0.25) is 5.91 Å². The monoisotopic (exact) mass is 351 g/mol. The highest BCUT2D eigenvalue weighted by molar-refractivity contribution is 7.86. The fraction of sp³-hybridized carbons (Fsp3) is 0.235. The van der Waals surface area contributed by atoms with Crippen LogP contribution in [0.4, 0.5) is 4.39 Å². The summed E-state index contributed by atoms with van der Waals surface area (Å²) in [6.45, 7) is 1.66. The molecular weight excluding hydrogens is 333 g/mol. The highest BCUT2D eigenvalue weighted by Crippen LogP contribution is 2.26. The van der Waals surface area contributed by atoms with Crippen LogP contribution in [-0.2, 0) is 19.1 Å². The van der Waals surface area contributed by atoms with Gasteiger partial charge in [-0.15, -0.1) is 0 Å². The Bertz CT molecular complexity index is 832. The summed E-state index contributed by atoms with van der Waals surface area (Å²) in [7, 11) is -3.90. The molecule has 5 nitrogen and oxygen atoms in total. The van der Waals surface area contributed by atoms with Crippen molar-refractivity contribution in [2.24, 2.45) is 5.73 Å². The van der Waals surface area contributed by atoms with Gasteiger partial charge in [0.15, 0.2) is 0 Å². The van der Waals surface area contributed by atoms with E-state index in [9.17, 15) is 17.6 Å². The molecule has 0 aromatic heterocycles. The molecule has 0 bridgehead atoms. The molecule has 0 saturated carbocycles. The molecule has 0 atom stereocenters. The molecule has 0 fully saturated rings. The molecule has 0 aliphatic carbocycles. The molecule has 0 spiro atoms. The van der Waals surface area contributed by atoms with Gasteiger partial charge in [0.05, 0.1) is 11.5 Å². The molecule has 0 unspecified atom stereocenters. The molecule has 24 heavy (non-hydrogen) atoms. The summed E-state index contributed by atoms with van der Waals surface area (Å²) in [5, 5.41) is 0. The molecule has 0 radical (unpaired) electrons. The third-order valence-electron chi connectivity index (χ3n) is 3.45. The average molecular weight is 351 g/mol. The van der Waals surface area contributed by atoms with Crippen molar-refractivity contribution in [1.82, 2.24) is 0 Å². The van der Waals surface area contributed by atoms with Gasteiger partial charge in [0.25, 0.3) is 10.1 Å². The van der Waals surface area contributed by atoms with Crippen molar-refractivity contribution < 1.29 is 21.8 Å². The zero-order valence-electron chi connectivity index (χ0n) is 13.2. The summed E-state index contributed by atoms with van der Waals surface area (Å²) in [6.07, 6.45) is 0.305. The normalized spacial score (nSPS) is 11.4. The fourth-order valence-electron chi connectivity index (χ4n) is 2.23. The summed E-state index contributed by atoms with van der Waals surface area (Å²) in [6, 6.07) is 10.6. The predicted octanol–water partition coefficient (Wildman–Crippen LogP) is 2.77. The van der Waals surface area contributed by atoms with Gasteiger partial charge < -0.3 is 5.73 Å². The second-order valence-corrected chi connectivity index (χ2v) is 6.94. The van der Waals surface area contributed by atoms with Crippen LogP contribution in [-0.4, -0.2) is 20.9 Å². The van der Waals surface area contributed by atoms with Crippen molar-refractivity contribution >= 4 is 16.0 Å². The highest BCUT2D eigenvalue weighted by Gasteiger charge is 2.16. The van der Waals surface area contributed by atoms with Crippen LogP contribution in [0.5, 0.6) is 0 Å². The van der Waals surface area contributed by atoms with E-state index in [0.29, 0.717) is 0 Å². The number of amides is 1. The Morgan fingerprint density at radius 3 is 2.42 bits per heavy atom. The van der Waals surface area contributed by atoms with Crippen molar-refractivity contribution in [1.29, 1.82) is 0 Å². The van der Waals surface area contributed by atoms with Crippen LogP contribution >= 0.6 is 0 Å². The number of aryl methyl sites for hydroxylation is 1. The third-order valence-corrected chi connectivity index (χ3v) is 4.76. The molecule has 2 aromatic rings. The minimum Gasteiger partial charge on any atom is -0.370 e. The first kappa shape index (κ1) is 18.1. The molecule has 2 rings (SSSR count). The maximum absolute atomic E-state index is 13.0. The summed E-state index contributed by atoms with van der Waals surface area (Å²) >= 11 is 0. The molecule has 0 aliphatic rings. The summed E-state index contributed by atoms with van der Waals surface area (Å²) in [4.78, 5) is 10.7. The summed E-state index contributed by atoms with van der Waals surface area (Å²) < 4.78 is 42.2. The van der Waals surface area contributed by atoms with Gasteiger partial charge >= 0.3 is 0 Å². The number of benzene rings is 2. The van der Waals surface area contributed by atoms with Gasteiger partial charge in [-0.2, -0.15) is 8.42 Å². The first-order valence-electron chi connectivity index (χ1n) is 7.34. The molecular formula is C17H18FNO4S. The van der Waals surface area contributed by atoms with Gasteiger partial charge in [-0.25, -0.2) is 4.39 Å². The predicted molar refractivity (Wildman–Crippen MR) is 88.1 cm³/mol. The van der Waals surface area contributed by atoms with Gasteiger partial charge in [-0.05, 0) is 54.3 Å². The zero-order chi connectivity index (χ0) is 17.7. The lowest BCUT2D eigenvalue weighted by atomic mass is 10.0. The maximum Gasteiger partial charge on any atom is 0.296 e. The number of rotatable bonds is 7. The zero-order valence-corrected chi connectivity index (χ0v) is 14.0. The average Bonchev–Trinajstić information content (AvgIpc) is 2.52. The van der Waals surface area contributed by atoms with Crippen LogP contribution in [0.3, 0.4) is 0 Å². The third kappa shape index (κ3) is 4.62. The van der Waals surface area contributed by atoms with E-state index in [2.05, 4.69) is 0 Å². The fourth-order valence-corrected chi connectivity index (χ4v) is 3.26. The quantitative estimate of drug-likeness (QED) is 0.614. The smallest absolute Gasteiger partial charge is 0.296 e. The molecule has 0 heterocycles. The Morgan fingerprint density at radius 2 is 1.83 bits per heavy atom. The number of carbonyl (C=O) groups is 1. The van der Waals surface area contributed by atoms with Crippen molar-refractivity contribution in [3.63, 3.8) is 0 Å². The topological polar surface area (TPSA) is 86.5 Å². The molecule has 1 amide bonds. The van der Waals surface area contributed by atoms with Crippen molar-refractivity contribution in [3.8, 4) is 11.1 Å². The van der Waals surface area contributed by atoms with Crippen LogP contribution in [0.1, 0.15) is 18.4 Å². The number of halogens is 1. The van der Waals surface area contributed by atoms with E-state index in [1.54, 1.807) is 25.1 Å². The Labute approximate surface area is 140 Å². The van der Waals surface area contributed by atoms with E-state index in [0.717, 1.165) is 16.7 Å². The van der Waals surface area contributed by atoms with Crippen LogP contribution in [0.25, 0.3) is 11.1 Å². The van der Waals surface area contributed by atoms with Crippen LogP contribution in [0.2, 0.25) is 0 Å². The SMILES string of the molecule is Cc1cc(S(=O)(=O)OCCCC(N)=O)ccc1-c1ccc(F)cc1. The largest absolute Gasteiger partial charge is 0.370 e. The molecule has 0 saturated heterocycles. The maximum atomic E-state index is 13.0. The van der Waals surface area contributed by atoms with Crippen molar-refractivity contribution in [2.75, 3.05) is 6.61 Å². The lowest BCUT2D eigenvalue weighted by Crippen LogP contribution is -2.13. The lowest BCUT2D eigenvalue weighted by molar-refractivity contribution is -0.118. The summed E-state index contributed by atoms with van der Waals surface area (Å²) in [5.74, 6) is -0.838. The lowest BCUT2D eigenvalue weighted by Gasteiger charge is -2.10. The minimum absolute atomic E-state index is 0.0323. The van der Waals surface area contributed by atoms with Gasteiger partial charge in [-0.1, -0.05) is 18.2 Å². The molecule has 128 valence electrons. The minimum atomic E-state index is -3.90. The van der Waals surface area contributed by atoms with Crippen LogP contribution in [0, 0.1) is 12.7 Å². The number of hydrogen-bond donors (Lipinski definition) is 1. The van der Waals surface area contributed by atoms with Crippen LogP contribution < -0.4 is 5.73 Å². The molecule has 2 aromatic carbocycles. The van der Waals surface area contributed by atoms with E-state index in [1.165, 1.54) is 24.3 Å². The second kappa shape index (κ2) is 7.55. The Morgan fingerprint density at radius 1 is 1.17 bits per heavy atom. The van der Waals surface area contributed by atoms with Gasteiger partial charge in [0, 0.05) is 6.42 Å². The Balaban J connectivity index is 2.16. The Kier molecular flexibility index (Phi) is 5.69. The second-order valence-electron chi connectivity index (χ2n) is 5.33. The van der Waals surface area contributed by atoms with E-state index in [-0.39, 0.29) is 30.2 Å². The Hall–Kier alpha value is -2.25. The first-order valence-corrected chi connectivity index (χ1v) is 8.75. The van der Waals surface area contributed by atoms with Gasteiger partial charge in [0.1, 0.15) is 5.82 Å². The van der Waals surface area contributed by atoms with Crippen LogP contribution in [0.15, 0.2) is 47.4 Å². The van der Waals surface area contributed by atoms with E-state index in [4.69, 9.17) is 9.92 Å². The van der Waals surface area contributed by atoms with E-state index < -0.39 is 16.0 Å². The number of hydrogen-bond acceptors (Lipinski definition) is 4. The van der Waals surface area contributed by atoms with E-state index >= 15 is 0 Å². The molecule has 7 heteroatoms. The van der Waals surface area contributed by atoms with E-state index in [1.807, 2.05) is 0 Å². The first-order chi connectivity index (χ1) is 11.3.